The highest BCUT2D eigenvalue weighted by Gasteiger charge is 2.33. The third kappa shape index (κ3) is 4.86. The second kappa shape index (κ2) is 8.52. The Bertz CT molecular complexity index is 713. The van der Waals surface area contributed by atoms with E-state index in [2.05, 4.69) is 36.1 Å². The van der Waals surface area contributed by atoms with Crippen molar-refractivity contribution >= 4 is 17.8 Å². The number of hydrogen-bond donors (Lipinski definition) is 0. The third-order valence-corrected chi connectivity index (χ3v) is 5.22. The van der Waals surface area contributed by atoms with Crippen LogP contribution in [-0.2, 0) is 16.1 Å². The van der Waals surface area contributed by atoms with E-state index in [4.69, 9.17) is 0 Å². The van der Waals surface area contributed by atoms with Crippen molar-refractivity contribution < 1.29 is 14.4 Å². The van der Waals surface area contributed by atoms with Crippen LogP contribution in [0.3, 0.4) is 0 Å². The molecule has 0 radical (unpaired) electrons. The number of carbonyl (C=O) groups is 3. The molecule has 146 valence electrons. The molecular weight excluding hydrogens is 344 g/mol. The molecule has 0 aliphatic carbocycles. The van der Waals surface area contributed by atoms with Crippen molar-refractivity contribution in [2.75, 3.05) is 46.3 Å². The van der Waals surface area contributed by atoms with Crippen molar-refractivity contribution in [2.24, 2.45) is 0 Å². The van der Waals surface area contributed by atoms with Gasteiger partial charge >= 0.3 is 6.03 Å². The molecule has 27 heavy (non-hydrogen) atoms. The molecule has 7 nitrogen and oxygen atoms in total. The van der Waals surface area contributed by atoms with Crippen molar-refractivity contribution in [3.05, 3.63) is 35.4 Å². The van der Waals surface area contributed by atoms with E-state index in [-0.39, 0.29) is 24.4 Å². The number of carbonyl (C=O) groups excluding carboxylic acids is 3. The van der Waals surface area contributed by atoms with Gasteiger partial charge in [-0.25, -0.2) is 4.79 Å². The number of nitrogens with zero attached hydrogens (tertiary/aromatic N) is 4. The van der Waals surface area contributed by atoms with Crippen LogP contribution < -0.4 is 0 Å². The molecule has 2 heterocycles. The Morgan fingerprint density at radius 2 is 1.85 bits per heavy atom. The highest BCUT2D eigenvalue weighted by Crippen LogP contribution is 2.13. The summed E-state index contributed by atoms with van der Waals surface area (Å²) < 4.78 is 0. The molecule has 4 amide bonds. The highest BCUT2D eigenvalue weighted by molar-refractivity contribution is 6.01. The smallest absolute Gasteiger partial charge is 0.326 e. The van der Waals surface area contributed by atoms with E-state index in [1.807, 2.05) is 4.90 Å². The Morgan fingerprint density at radius 3 is 2.48 bits per heavy atom. The summed E-state index contributed by atoms with van der Waals surface area (Å²) in [5, 5.41) is 0. The van der Waals surface area contributed by atoms with Crippen LogP contribution in [0.25, 0.3) is 0 Å². The Labute approximate surface area is 160 Å². The quantitative estimate of drug-likeness (QED) is 0.707. The van der Waals surface area contributed by atoms with Gasteiger partial charge in [-0.2, -0.15) is 0 Å². The molecular formula is C20H28N4O3. The third-order valence-electron chi connectivity index (χ3n) is 5.22. The van der Waals surface area contributed by atoms with Gasteiger partial charge in [0.15, 0.2) is 0 Å². The van der Waals surface area contributed by atoms with Crippen LogP contribution in [0.2, 0.25) is 0 Å². The molecule has 1 aromatic rings. The van der Waals surface area contributed by atoms with Gasteiger partial charge in [-0.3, -0.25) is 19.4 Å². The molecule has 0 spiro atoms. The topological polar surface area (TPSA) is 64.2 Å². The molecule has 2 aliphatic heterocycles. The van der Waals surface area contributed by atoms with Gasteiger partial charge in [0.05, 0.1) is 0 Å². The molecule has 1 aromatic carbocycles. The van der Waals surface area contributed by atoms with Gasteiger partial charge in [-0.15, -0.1) is 0 Å². The second-order valence-electron chi connectivity index (χ2n) is 7.43. The van der Waals surface area contributed by atoms with Crippen molar-refractivity contribution in [2.45, 2.75) is 26.3 Å². The molecule has 0 N–H and O–H groups in total. The molecule has 0 atom stereocenters. The van der Waals surface area contributed by atoms with E-state index < -0.39 is 0 Å². The molecule has 2 fully saturated rings. The van der Waals surface area contributed by atoms with Gasteiger partial charge in [-0.1, -0.05) is 29.8 Å². The van der Waals surface area contributed by atoms with Crippen molar-refractivity contribution in [3.8, 4) is 0 Å². The zero-order valence-corrected chi connectivity index (χ0v) is 16.2. The molecule has 3 rings (SSSR count). The predicted octanol–water partition coefficient (Wildman–Crippen LogP) is 1.31. The van der Waals surface area contributed by atoms with E-state index in [9.17, 15) is 14.4 Å². The minimum Gasteiger partial charge on any atom is -0.340 e. The van der Waals surface area contributed by atoms with Crippen LogP contribution in [0, 0.1) is 6.92 Å². The number of rotatable bonds is 6. The average Bonchev–Trinajstić information content (AvgIpc) is 2.88. The monoisotopic (exact) mass is 372 g/mol. The molecule has 0 unspecified atom stereocenters. The van der Waals surface area contributed by atoms with Crippen molar-refractivity contribution in [1.82, 2.24) is 19.6 Å². The van der Waals surface area contributed by atoms with E-state index in [0.717, 1.165) is 32.7 Å². The first kappa shape index (κ1) is 19.4. The Kier molecular flexibility index (Phi) is 6.11. The number of urea groups is 1. The van der Waals surface area contributed by atoms with E-state index in [1.165, 1.54) is 20.9 Å². The summed E-state index contributed by atoms with van der Waals surface area (Å²) in [7, 11) is 1.61. The van der Waals surface area contributed by atoms with Crippen LogP contribution in [0.15, 0.2) is 24.3 Å². The normalized spacial score (nSPS) is 18.5. The van der Waals surface area contributed by atoms with E-state index in [0.29, 0.717) is 19.4 Å². The fourth-order valence-electron chi connectivity index (χ4n) is 3.66. The summed E-state index contributed by atoms with van der Waals surface area (Å²) in [6.07, 6.45) is 0.895. The lowest BCUT2D eigenvalue weighted by molar-refractivity contribution is -0.133. The van der Waals surface area contributed by atoms with E-state index >= 15 is 0 Å². The lowest BCUT2D eigenvalue weighted by Gasteiger charge is -2.35. The van der Waals surface area contributed by atoms with Crippen LogP contribution in [0.4, 0.5) is 4.79 Å². The minimum absolute atomic E-state index is 0.109. The van der Waals surface area contributed by atoms with E-state index in [1.54, 1.807) is 7.05 Å². The number of amides is 4. The summed E-state index contributed by atoms with van der Waals surface area (Å²) in [6.45, 7) is 6.67. The Morgan fingerprint density at radius 1 is 1.11 bits per heavy atom. The van der Waals surface area contributed by atoms with Crippen LogP contribution in [-0.4, -0.2) is 83.8 Å². The Balaban J connectivity index is 1.38. The largest absolute Gasteiger partial charge is 0.340 e. The van der Waals surface area contributed by atoms with Crippen molar-refractivity contribution in [1.29, 1.82) is 0 Å². The summed E-state index contributed by atoms with van der Waals surface area (Å²) in [6, 6.07) is 8.26. The molecule has 0 aromatic heterocycles. The summed E-state index contributed by atoms with van der Waals surface area (Å²) in [5.41, 5.74) is 2.57. The van der Waals surface area contributed by atoms with Gasteiger partial charge < -0.3 is 9.80 Å². The summed E-state index contributed by atoms with van der Waals surface area (Å²) >= 11 is 0. The standard InChI is InChI=1S/C20H28N4O3/c1-16-5-3-6-17(13-16)14-22-9-11-23(12-10-22)18(25)7-4-8-24-19(26)15-21(2)20(24)27/h3,5-6,13H,4,7-12,14-15H2,1-2H3. The fraction of sp³-hybridized carbons (Fsp3) is 0.550. The number of likely N-dealkylation sites (N-methyl/N-ethyl adjacent to an activating group) is 1. The van der Waals surface area contributed by atoms with Gasteiger partial charge in [-0.05, 0) is 18.9 Å². The predicted molar refractivity (Wildman–Crippen MR) is 102 cm³/mol. The first-order valence-corrected chi connectivity index (χ1v) is 9.55. The summed E-state index contributed by atoms with van der Waals surface area (Å²) in [5.74, 6) is -0.0719. The molecule has 0 bridgehead atoms. The van der Waals surface area contributed by atoms with Crippen LogP contribution >= 0.6 is 0 Å². The Hall–Kier alpha value is -2.41. The first-order chi connectivity index (χ1) is 12.9. The van der Waals surface area contributed by atoms with Crippen LogP contribution in [0.1, 0.15) is 24.0 Å². The number of benzene rings is 1. The number of imide groups is 1. The maximum absolute atomic E-state index is 12.4. The van der Waals surface area contributed by atoms with Crippen LogP contribution in [0.5, 0.6) is 0 Å². The summed E-state index contributed by atoms with van der Waals surface area (Å²) in [4.78, 5) is 42.9. The molecule has 7 heteroatoms. The highest BCUT2D eigenvalue weighted by atomic mass is 16.2. The number of aryl methyl sites for hydroxylation is 1. The van der Waals surface area contributed by atoms with Gasteiger partial charge in [0, 0.05) is 52.7 Å². The second-order valence-corrected chi connectivity index (χ2v) is 7.43. The maximum Gasteiger partial charge on any atom is 0.326 e. The number of piperazine rings is 1. The molecule has 0 saturated carbocycles. The van der Waals surface area contributed by atoms with Gasteiger partial charge in [0.25, 0.3) is 0 Å². The SMILES string of the molecule is Cc1cccc(CN2CCN(C(=O)CCCN3C(=O)CN(C)C3=O)CC2)c1. The average molecular weight is 372 g/mol. The first-order valence-electron chi connectivity index (χ1n) is 9.55. The number of hydrogen-bond acceptors (Lipinski definition) is 4. The fourth-order valence-corrected chi connectivity index (χ4v) is 3.66. The maximum atomic E-state index is 12.4. The zero-order valence-electron chi connectivity index (χ0n) is 16.2. The molecule has 2 saturated heterocycles. The minimum atomic E-state index is -0.266. The van der Waals surface area contributed by atoms with Gasteiger partial charge in [0.1, 0.15) is 6.54 Å². The van der Waals surface area contributed by atoms with Crippen molar-refractivity contribution in [3.63, 3.8) is 0 Å². The zero-order chi connectivity index (χ0) is 19.4. The van der Waals surface area contributed by atoms with Gasteiger partial charge in [0.2, 0.25) is 11.8 Å². The lowest BCUT2D eigenvalue weighted by atomic mass is 10.1. The molecule has 2 aliphatic rings. The lowest BCUT2D eigenvalue weighted by Crippen LogP contribution is -2.48.